The number of rotatable bonds is 6. The Hall–Kier alpha value is -1.65. The van der Waals surface area contributed by atoms with E-state index >= 15 is 0 Å². The lowest BCUT2D eigenvalue weighted by Crippen LogP contribution is -2.87. The first kappa shape index (κ1) is 18.7. The van der Waals surface area contributed by atoms with Gasteiger partial charge in [-0.3, -0.25) is 4.79 Å². The third kappa shape index (κ3) is 4.92. The van der Waals surface area contributed by atoms with Gasteiger partial charge >= 0.3 is 0 Å². The second-order valence-corrected chi connectivity index (χ2v) is 7.24. The molecule has 2 aromatic carbocycles. The van der Waals surface area contributed by atoms with Crippen molar-refractivity contribution >= 4 is 27.5 Å². The first-order valence-electron chi connectivity index (χ1n) is 8.37. The molecule has 0 spiro atoms. The van der Waals surface area contributed by atoms with Crippen molar-refractivity contribution in [1.82, 2.24) is 0 Å². The normalized spacial score (nSPS) is 12.0. The van der Waals surface area contributed by atoms with Gasteiger partial charge in [0.15, 0.2) is 6.54 Å². The van der Waals surface area contributed by atoms with E-state index in [1.54, 1.807) is 0 Å². The molecule has 1 amide bonds. The minimum absolute atomic E-state index is 0.0422. The van der Waals surface area contributed by atoms with Crippen molar-refractivity contribution in [3.63, 3.8) is 0 Å². The zero-order valence-electron chi connectivity index (χ0n) is 14.8. The van der Waals surface area contributed by atoms with Crippen LogP contribution >= 0.6 is 15.9 Å². The minimum atomic E-state index is 0.0422. The van der Waals surface area contributed by atoms with Crippen molar-refractivity contribution in [2.75, 3.05) is 11.9 Å². The van der Waals surface area contributed by atoms with Crippen molar-refractivity contribution < 1.29 is 10.1 Å². The maximum atomic E-state index is 12.4. The van der Waals surface area contributed by atoms with E-state index in [1.807, 2.05) is 26.0 Å². The van der Waals surface area contributed by atoms with E-state index < -0.39 is 0 Å². The Morgan fingerprint density at radius 2 is 1.71 bits per heavy atom. The molecular weight excluding hydrogens is 364 g/mol. The third-order valence-electron chi connectivity index (χ3n) is 4.27. The lowest BCUT2D eigenvalue weighted by atomic mass is 10.0. The molecule has 0 saturated heterocycles. The monoisotopic (exact) mass is 389 g/mol. The van der Waals surface area contributed by atoms with E-state index in [4.69, 9.17) is 0 Å². The number of hydrogen-bond donors (Lipinski definition) is 2. The second-order valence-electron chi connectivity index (χ2n) is 6.33. The third-order valence-corrected chi connectivity index (χ3v) is 4.80. The number of hydrogen-bond acceptors (Lipinski definition) is 1. The predicted molar refractivity (Wildman–Crippen MR) is 103 cm³/mol. The molecule has 0 bridgehead atoms. The van der Waals surface area contributed by atoms with Crippen LogP contribution < -0.4 is 10.6 Å². The zero-order chi connectivity index (χ0) is 17.7. The summed E-state index contributed by atoms with van der Waals surface area (Å²) >= 11 is 3.46. The molecule has 0 aromatic heterocycles. The minimum Gasteiger partial charge on any atom is -0.332 e. The summed E-state index contributed by atoms with van der Waals surface area (Å²) in [6.07, 6.45) is 0.984. The first-order valence-corrected chi connectivity index (χ1v) is 9.16. The van der Waals surface area contributed by atoms with Crippen LogP contribution in [0.25, 0.3) is 0 Å². The molecule has 0 aliphatic carbocycles. The molecule has 3 N–H and O–H groups in total. The van der Waals surface area contributed by atoms with Gasteiger partial charge in [-0.15, -0.1) is 0 Å². The number of carbonyl (C=O) groups excluding carboxylic acids is 1. The van der Waals surface area contributed by atoms with Gasteiger partial charge in [-0.05, 0) is 44.0 Å². The van der Waals surface area contributed by atoms with Crippen LogP contribution in [0.15, 0.2) is 40.9 Å². The fourth-order valence-corrected chi connectivity index (χ4v) is 3.33. The predicted octanol–water partition coefficient (Wildman–Crippen LogP) is 4.03. The van der Waals surface area contributed by atoms with E-state index in [0.29, 0.717) is 12.6 Å². The van der Waals surface area contributed by atoms with Crippen molar-refractivity contribution in [1.29, 1.82) is 0 Å². The van der Waals surface area contributed by atoms with Gasteiger partial charge in [-0.1, -0.05) is 52.7 Å². The fraction of sp³-hybridized carbons (Fsp3) is 0.350. The average molecular weight is 390 g/mol. The van der Waals surface area contributed by atoms with E-state index in [-0.39, 0.29) is 5.91 Å². The smallest absolute Gasteiger partial charge is 0.279 e. The summed E-state index contributed by atoms with van der Waals surface area (Å²) in [6, 6.07) is 12.8. The Morgan fingerprint density at radius 1 is 1.12 bits per heavy atom. The van der Waals surface area contributed by atoms with Crippen LogP contribution in [0.1, 0.15) is 41.6 Å². The topological polar surface area (TPSA) is 45.7 Å². The van der Waals surface area contributed by atoms with Crippen LogP contribution in [0.4, 0.5) is 5.69 Å². The van der Waals surface area contributed by atoms with Crippen molar-refractivity contribution in [3.8, 4) is 0 Å². The fourth-order valence-electron chi connectivity index (χ4n) is 3.07. The Kier molecular flexibility index (Phi) is 6.58. The Balaban J connectivity index is 1.98. The molecule has 1 atom stereocenters. The molecule has 2 rings (SSSR count). The summed E-state index contributed by atoms with van der Waals surface area (Å²) in [5, 5.41) is 5.18. The van der Waals surface area contributed by atoms with Gasteiger partial charge < -0.3 is 10.6 Å². The number of nitrogens with one attached hydrogen (secondary N) is 1. The number of benzene rings is 2. The van der Waals surface area contributed by atoms with Gasteiger partial charge in [0.2, 0.25) is 0 Å². The summed E-state index contributed by atoms with van der Waals surface area (Å²) in [7, 11) is 0. The SMILES string of the molecule is CC[C@@H]([NH2+]CC(=O)Nc1c(C)cc(C)cc1C)c1ccc(Br)cc1. The number of carbonyl (C=O) groups is 1. The molecule has 128 valence electrons. The molecule has 0 aliphatic heterocycles. The second kappa shape index (κ2) is 8.45. The highest BCUT2D eigenvalue weighted by Crippen LogP contribution is 2.21. The van der Waals surface area contributed by atoms with Crippen LogP contribution in [0, 0.1) is 20.8 Å². The number of anilines is 1. The van der Waals surface area contributed by atoms with Gasteiger partial charge in [0.25, 0.3) is 5.91 Å². The quantitative estimate of drug-likeness (QED) is 0.769. The summed E-state index contributed by atoms with van der Waals surface area (Å²) in [4.78, 5) is 12.4. The summed E-state index contributed by atoms with van der Waals surface area (Å²) < 4.78 is 1.07. The van der Waals surface area contributed by atoms with Crippen molar-refractivity contribution in [2.24, 2.45) is 0 Å². The lowest BCUT2D eigenvalue weighted by Gasteiger charge is -2.16. The summed E-state index contributed by atoms with van der Waals surface area (Å²) in [5.74, 6) is 0.0422. The average Bonchev–Trinajstić information content (AvgIpc) is 2.53. The number of aryl methyl sites for hydroxylation is 3. The van der Waals surface area contributed by atoms with Gasteiger partial charge in [-0.2, -0.15) is 0 Å². The molecule has 0 fully saturated rings. The van der Waals surface area contributed by atoms with Gasteiger partial charge in [-0.25, -0.2) is 0 Å². The number of halogens is 1. The Morgan fingerprint density at radius 3 is 2.25 bits per heavy atom. The molecule has 0 radical (unpaired) electrons. The number of nitrogens with two attached hydrogens (primary N) is 1. The lowest BCUT2D eigenvalue weighted by molar-refractivity contribution is -0.686. The van der Waals surface area contributed by atoms with Crippen LogP contribution in [0.3, 0.4) is 0 Å². The van der Waals surface area contributed by atoms with Gasteiger partial charge in [0.05, 0.1) is 0 Å². The molecule has 0 heterocycles. The van der Waals surface area contributed by atoms with E-state index in [9.17, 15) is 4.79 Å². The first-order chi connectivity index (χ1) is 11.4. The maximum Gasteiger partial charge on any atom is 0.279 e. The summed E-state index contributed by atoms with van der Waals surface area (Å²) in [6.45, 7) is 8.71. The van der Waals surface area contributed by atoms with Crippen LogP contribution in [0.5, 0.6) is 0 Å². The maximum absolute atomic E-state index is 12.4. The Labute approximate surface area is 153 Å². The highest BCUT2D eigenvalue weighted by atomic mass is 79.9. The molecule has 24 heavy (non-hydrogen) atoms. The molecule has 0 aliphatic rings. The van der Waals surface area contributed by atoms with E-state index in [0.717, 1.165) is 27.7 Å². The van der Waals surface area contributed by atoms with Gasteiger partial charge in [0, 0.05) is 22.1 Å². The zero-order valence-corrected chi connectivity index (χ0v) is 16.4. The standard InChI is InChI=1S/C20H25BrN2O/c1-5-18(16-6-8-17(21)9-7-16)22-12-19(24)23-20-14(3)10-13(2)11-15(20)4/h6-11,18,22H,5,12H2,1-4H3,(H,23,24)/p+1/t18-/m1/s1. The molecule has 0 saturated carbocycles. The van der Waals surface area contributed by atoms with Crippen LogP contribution in [-0.2, 0) is 4.79 Å². The highest BCUT2D eigenvalue weighted by molar-refractivity contribution is 9.10. The van der Waals surface area contributed by atoms with Crippen LogP contribution in [0.2, 0.25) is 0 Å². The molecular formula is C20H26BrN2O+. The van der Waals surface area contributed by atoms with Gasteiger partial charge in [0.1, 0.15) is 6.04 Å². The molecule has 4 heteroatoms. The number of amides is 1. The summed E-state index contributed by atoms with van der Waals surface area (Å²) in [5.41, 5.74) is 5.63. The Bertz CT molecular complexity index is 687. The van der Waals surface area contributed by atoms with Crippen molar-refractivity contribution in [2.45, 2.75) is 40.2 Å². The largest absolute Gasteiger partial charge is 0.332 e. The van der Waals surface area contributed by atoms with E-state index in [1.165, 1.54) is 11.1 Å². The highest BCUT2D eigenvalue weighted by Gasteiger charge is 2.15. The molecule has 0 unspecified atom stereocenters. The van der Waals surface area contributed by atoms with Crippen LogP contribution in [-0.4, -0.2) is 12.5 Å². The number of quaternary nitrogens is 1. The van der Waals surface area contributed by atoms with Crippen molar-refractivity contribution in [3.05, 3.63) is 63.1 Å². The molecule has 2 aromatic rings. The van der Waals surface area contributed by atoms with E-state index in [2.05, 4.69) is 64.7 Å². The molecule has 3 nitrogen and oxygen atoms in total.